The fourth-order valence-corrected chi connectivity index (χ4v) is 1.92. The molecule has 4 atom stereocenters. The largest absolute Gasteiger partial charge is 0.462 e. The lowest BCUT2D eigenvalue weighted by Gasteiger charge is -2.26. The zero-order valence-corrected chi connectivity index (χ0v) is 11.5. The first-order chi connectivity index (χ1) is 9.29. The summed E-state index contributed by atoms with van der Waals surface area (Å²) in [6.07, 6.45) is -3.71. The molecule has 0 saturated carbocycles. The van der Waals surface area contributed by atoms with E-state index in [4.69, 9.17) is 18.9 Å². The van der Waals surface area contributed by atoms with Gasteiger partial charge in [-0.25, -0.2) is 0 Å². The van der Waals surface area contributed by atoms with E-state index < -0.39 is 42.5 Å². The van der Waals surface area contributed by atoms with Crippen molar-refractivity contribution in [2.45, 2.75) is 51.8 Å². The normalized spacial score (nSPS) is 26.7. The molecule has 1 heterocycles. The van der Waals surface area contributed by atoms with Gasteiger partial charge in [-0.2, -0.15) is 0 Å². The molecule has 0 aromatic rings. The molecule has 0 aromatic heterocycles. The molecule has 0 bridgehead atoms. The Labute approximate surface area is 115 Å². The summed E-state index contributed by atoms with van der Waals surface area (Å²) in [5, 5.41) is 9.48. The Balaban J connectivity index is 2.76. The second kappa shape index (κ2) is 7.20. The third kappa shape index (κ3) is 5.14. The van der Waals surface area contributed by atoms with E-state index >= 15 is 0 Å². The summed E-state index contributed by atoms with van der Waals surface area (Å²) in [6.45, 7) is 3.37. The van der Waals surface area contributed by atoms with Crippen LogP contribution in [0.5, 0.6) is 0 Å². The van der Waals surface area contributed by atoms with E-state index in [-0.39, 0.29) is 13.0 Å². The second-order valence-corrected chi connectivity index (χ2v) is 4.39. The number of rotatable bonds is 5. The van der Waals surface area contributed by atoms with Crippen molar-refractivity contribution in [2.24, 2.45) is 0 Å². The lowest BCUT2D eigenvalue weighted by atomic mass is 10.1. The lowest BCUT2D eigenvalue weighted by molar-refractivity contribution is -0.182. The number of esters is 3. The third-order valence-corrected chi connectivity index (χ3v) is 2.57. The number of aliphatic hydroxyl groups excluding tert-OH is 1. The van der Waals surface area contributed by atoms with Crippen LogP contribution in [0, 0.1) is 0 Å². The van der Waals surface area contributed by atoms with Crippen LogP contribution in [0.2, 0.25) is 0 Å². The molecular weight excluding hydrogens is 272 g/mol. The Hall–Kier alpha value is -1.67. The monoisotopic (exact) mass is 290 g/mol. The fourth-order valence-electron chi connectivity index (χ4n) is 1.92. The van der Waals surface area contributed by atoms with Crippen LogP contribution in [0.25, 0.3) is 0 Å². The highest BCUT2D eigenvalue weighted by molar-refractivity contribution is 5.67. The number of hydrogen-bond donors (Lipinski definition) is 1. The van der Waals surface area contributed by atoms with Gasteiger partial charge in [-0.3, -0.25) is 14.4 Å². The van der Waals surface area contributed by atoms with Gasteiger partial charge in [0.15, 0.2) is 12.4 Å². The molecule has 0 aromatic carbocycles. The van der Waals surface area contributed by atoms with Crippen molar-refractivity contribution in [1.29, 1.82) is 0 Å². The summed E-state index contributed by atoms with van der Waals surface area (Å²) in [7, 11) is 0. The average Bonchev–Trinajstić information content (AvgIpc) is 2.63. The SMILES string of the molecule is CC(=O)OC[C@H](OC(C)=O)[C@@H]1O[C@@H](O)C[C@@H]1OC(C)=O. The molecule has 1 N–H and O–H groups in total. The van der Waals surface area contributed by atoms with E-state index in [1.165, 1.54) is 20.8 Å². The van der Waals surface area contributed by atoms with E-state index in [2.05, 4.69) is 0 Å². The molecule has 0 spiro atoms. The van der Waals surface area contributed by atoms with Crippen LogP contribution >= 0.6 is 0 Å². The van der Waals surface area contributed by atoms with Crippen molar-refractivity contribution in [3.63, 3.8) is 0 Å². The Kier molecular flexibility index (Phi) is 5.90. The third-order valence-electron chi connectivity index (χ3n) is 2.57. The van der Waals surface area contributed by atoms with Gasteiger partial charge in [0.05, 0.1) is 0 Å². The van der Waals surface area contributed by atoms with Gasteiger partial charge in [-0.15, -0.1) is 0 Å². The number of carbonyl (C=O) groups excluding carboxylic acids is 3. The summed E-state index contributed by atoms with van der Waals surface area (Å²) >= 11 is 0. The molecule has 0 unspecified atom stereocenters. The van der Waals surface area contributed by atoms with Crippen molar-refractivity contribution in [3.8, 4) is 0 Å². The highest BCUT2D eigenvalue weighted by Gasteiger charge is 2.43. The van der Waals surface area contributed by atoms with Gasteiger partial charge in [0, 0.05) is 27.2 Å². The average molecular weight is 290 g/mol. The van der Waals surface area contributed by atoms with Crippen LogP contribution in [0.15, 0.2) is 0 Å². The summed E-state index contributed by atoms with van der Waals surface area (Å²) in [5.74, 6) is -1.70. The van der Waals surface area contributed by atoms with Gasteiger partial charge in [0.25, 0.3) is 0 Å². The summed E-state index contributed by atoms with van der Waals surface area (Å²) < 4.78 is 20.0. The van der Waals surface area contributed by atoms with E-state index in [0.29, 0.717) is 0 Å². The maximum absolute atomic E-state index is 11.1. The molecule has 8 heteroatoms. The molecule has 0 aliphatic carbocycles. The molecule has 1 fully saturated rings. The molecule has 0 radical (unpaired) electrons. The standard InChI is InChI=1S/C12H18O8/c1-6(13)17-5-10(19-8(3)15)12-9(18-7(2)14)4-11(16)20-12/h9-12,16H,4-5H2,1-3H3/t9-,10-,11+,12+/m0/s1. The van der Waals surface area contributed by atoms with Crippen molar-refractivity contribution < 1.29 is 38.4 Å². The highest BCUT2D eigenvalue weighted by atomic mass is 16.7. The Morgan fingerprint density at radius 1 is 1.20 bits per heavy atom. The lowest BCUT2D eigenvalue weighted by Crippen LogP contribution is -2.42. The second-order valence-electron chi connectivity index (χ2n) is 4.39. The van der Waals surface area contributed by atoms with Crippen LogP contribution in [-0.2, 0) is 33.3 Å². The Bertz CT molecular complexity index is 380. The molecule has 1 aliphatic heterocycles. The quantitative estimate of drug-likeness (QED) is 0.534. The van der Waals surface area contributed by atoms with Crippen molar-refractivity contribution in [1.82, 2.24) is 0 Å². The van der Waals surface area contributed by atoms with Gasteiger partial charge in [-0.1, -0.05) is 0 Å². The van der Waals surface area contributed by atoms with Crippen LogP contribution in [0.4, 0.5) is 0 Å². The van der Waals surface area contributed by atoms with E-state index in [1.54, 1.807) is 0 Å². The van der Waals surface area contributed by atoms with E-state index in [0.717, 1.165) is 0 Å². The fraction of sp³-hybridized carbons (Fsp3) is 0.750. The predicted octanol–water partition coefficient (Wildman–Crippen LogP) is -0.480. The minimum absolute atomic E-state index is 0.0576. The highest BCUT2D eigenvalue weighted by Crippen LogP contribution is 2.26. The maximum atomic E-state index is 11.1. The van der Waals surface area contributed by atoms with Gasteiger partial charge in [-0.05, 0) is 0 Å². The van der Waals surface area contributed by atoms with Crippen molar-refractivity contribution in [2.75, 3.05) is 6.61 Å². The smallest absolute Gasteiger partial charge is 0.303 e. The van der Waals surface area contributed by atoms with Crippen LogP contribution in [0.1, 0.15) is 27.2 Å². The number of carbonyl (C=O) groups is 3. The molecule has 114 valence electrons. The molecule has 8 nitrogen and oxygen atoms in total. The minimum atomic E-state index is -1.14. The van der Waals surface area contributed by atoms with Gasteiger partial charge < -0.3 is 24.1 Å². The molecule has 0 amide bonds. The number of hydrogen-bond acceptors (Lipinski definition) is 8. The topological polar surface area (TPSA) is 108 Å². The predicted molar refractivity (Wildman–Crippen MR) is 63.2 cm³/mol. The summed E-state index contributed by atoms with van der Waals surface area (Å²) in [5.41, 5.74) is 0. The molecule has 1 rings (SSSR count). The minimum Gasteiger partial charge on any atom is -0.462 e. The zero-order valence-electron chi connectivity index (χ0n) is 11.5. The first kappa shape index (κ1) is 16.4. The molecule has 1 saturated heterocycles. The maximum Gasteiger partial charge on any atom is 0.303 e. The Morgan fingerprint density at radius 3 is 2.35 bits per heavy atom. The van der Waals surface area contributed by atoms with Gasteiger partial charge in [0.1, 0.15) is 18.8 Å². The molecule has 1 aliphatic rings. The van der Waals surface area contributed by atoms with Gasteiger partial charge in [0.2, 0.25) is 0 Å². The van der Waals surface area contributed by atoms with Gasteiger partial charge >= 0.3 is 17.9 Å². The zero-order chi connectivity index (χ0) is 15.3. The summed E-state index contributed by atoms with van der Waals surface area (Å²) in [6, 6.07) is 0. The molecule has 20 heavy (non-hydrogen) atoms. The molecular formula is C12H18O8. The number of aliphatic hydroxyl groups is 1. The van der Waals surface area contributed by atoms with Crippen LogP contribution in [-0.4, -0.2) is 54.2 Å². The first-order valence-electron chi connectivity index (χ1n) is 6.11. The number of ether oxygens (including phenoxy) is 4. The Morgan fingerprint density at radius 2 is 1.85 bits per heavy atom. The summed E-state index contributed by atoms with van der Waals surface area (Å²) in [4.78, 5) is 32.9. The first-order valence-corrected chi connectivity index (χ1v) is 6.11. The van der Waals surface area contributed by atoms with Crippen LogP contribution < -0.4 is 0 Å². The van der Waals surface area contributed by atoms with Crippen LogP contribution in [0.3, 0.4) is 0 Å². The van der Waals surface area contributed by atoms with E-state index in [1.807, 2.05) is 0 Å². The van der Waals surface area contributed by atoms with Crippen molar-refractivity contribution >= 4 is 17.9 Å². The van der Waals surface area contributed by atoms with E-state index in [9.17, 15) is 19.5 Å². The van der Waals surface area contributed by atoms with Crippen molar-refractivity contribution in [3.05, 3.63) is 0 Å².